The Hall–Kier alpha value is -1.69. The zero-order valence-corrected chi connectivity index (χ0v) is 9.52. The van der Waals surface area contributed by atoms with Gasteiger partial charge in [0.1, 0.15) is 5.75 Å². The summed E-state index contributed by atoms with van der Waals surface area (Å²) in [4.78, 5) is 32.6. The van der Waals surface area contributed by atoms with E-state index in [0.717, 1.165) is 0 Å². The van der Waals surface area contributed by atoms with Gasteiger partial charge in [-0.3, -0.25) is 9.59 Å². The molecule has 0 aromatic heterocycles. The highest BCUT2D eigenvalue weighted by Gasteiger charge is 2.19. The molecule has 1 aromatic carbocycles. The van der Waals surface area contributed by atoms with Gasteiger partial charge in [-0.25, -0.2) is 4.79 Å². The summed E-state index contributed by atoms with van der Waals surface area (Å²) >= 11 is 3.04. The molecular formula is C10H7BrO5. The van der Waals surface area contributed by atoms with Gasteiger partial charge in [0.15, 0.2) is 5.78 Å². The number of rotatable bonds is 4. The number of phenolic OH excluding ortho intramolecular Hbond substituents is 1. The van der Waals surface area contributed by atoms with Crippen LogP contribution in [-0.2, 0) is 9.59 Å². The van der Waals surface area contributed by atoms with Crippen LogP contribution in [0.5, 0.6) is 5.75 Å². The molecule has 6 heteroatoms. The highest BCUT2D eigenvalue weighted by molar-refractivity contribution is 9.10. The van der Waals surface area contributed by atoms with Crippen molar-refractivity contribution in [1.82, 2.24) is 0 Å². The Morgan fingerprint density at radius 2 is 1.88 bits per heavy atom. The highest BCUT2D eigenvalue weighted by atomic mass is 79.9. The van der Waals surface area contributed by atoms with Crippen molar-refractivity contribution in [3.8, 4) is 5.75 Å². The normalized spacial score (nSPS) is 9.81. The van der Waals surface area contributed by atoms with Crippen molar-refractivity contribution in [3.63, 3.8) is 0 Å². The second-order valence-electron chi connectivity index (χ2n) is 2.99. The van der Waals surface area contributed by atoms with Gasteiger partial charge >= 0.3 is 5.97 Å². The van der Waals surface area contributed by atoms with E-state index in [9.17, 15) is 14.4 Å². The van der Waals surface area contributed by atoms with E-state index < -0.39 is 24.0 Å². The lowest BCUT2D eigenvalue weighted by atomic mass is 10.1. The van der Waals surface area contributed by atoms with E-state index in [4.69, 9.17) is 10.2 Å². The Morgan fingerprint density at radius 3 is 2.38 bits per heavy atom. The first-order valence-corrected chi connectivity index (χ1v) is 4.99. The number of benzene rings is 1. The topological polar surface area (TPSA) is 91.7 Å². The number of Topliss-reactive ketones (excluding diaryl/α,β-unsaturated/α-hetero) is 2. The van der Waals surface area contributed by atoms with E-state index in [2.05, 4.69) is 15.9 Å². The first kappa shape index (κ1) is 12.4. The Kier molecular flexibility index (Phi) is 3.78. The molecule has 0 amide bonds. The average molecular weight is 287 g/mol. The van der Waals surface area contributed by atoms with E-state index >= 15 is 0 Å². The molecule has 84 valence electrons. The summed E-state index contributed by atoms with van der Waals surface area (Å²) in [6.07, 6.45) is -0.696. The molecule has 0 heterocycles. The van der Waals surface area contributed by atoms with Gasteiger partial charge in [0.25, 0.3) is 0 Å². The summed E-state index contributed by atoms with van der Waals surface area (Å²) in [6, 6.07) is 3.89. The van der Waals surface area contributed by atoms with Crippen LogP contribution in [0, 0.1) is 0 Å². The molecule has 1 aromatic rings. The minimum atomic E-state index is -1.64. The molecule has 0 atom stereocenters. The van der Waals surface area contributed by atoms with Crippen molar-refractivity contribution >= 4 is 33.5 Å². The standard InChI is InChI=1S/C10H7BrO5/c11-7-3-5(12)1-2-6(7)8(13)4-9(14)10(15)16/h1-3,12H,4H2,(H,15,16). The molecule has 0 saturated carbocycles. The van der Waals surface area contributed by atoms with E-state index in [1.165, 1.54) is 18.2 Å². The van der Waals surface area contributed by atoms with Gasteiger partial charge < -0.3 is 10.2 Å². The van der Waals surface area contributed by atoms with Gasteiger partial charge in [-0.2, -0.15) is 0 Å². The fraction of sp³-hybridized carbons (Fsp3) is 0.100. The van der Waals surface area contributed by atoms with E-state index in [1.54, 1.807) is 0 Å². The van der Waals surface area contributed by atoms with Crippen LogP contribution in [0.15, 0.2) is 22.7 Å². The fourth-order valence-electron chi connectivity index (χ4n) is 1.05. The number of carbonyl (C=O) groups is 3. The van der Waals surface area contributed by atoms with Gasteiger partial charge in [-0.1, -0.05) is 0 Å². The zero-order valence-electron chi connectivity index (χ0n) is 7.94. The maximum atomic E-state index is 11.5. The molecule has 0 radical (unpaired) electrons. The van der Waals surface area contributed by atoms with Crippen LogP contribution in [0.2, 0.25) is 0 Å². The highest BCUT2D eigenvalue weighted by Crippen LogP contribution is 2.23. The molecule has 16 heavy (non-hydrogen) atoms. The first-order valence-electron chi connectivity index (χ1n) is 4.19. The lowest BCUT2D eigenvalue weighted by Crippen LogP contribution is -2.17. The number of carboxylic acid groups (broad SMARTS) is 1. The van der Waals surface area contributed by atoms with Crippen molar-refractivity contribution in [1.29, 1.82) is 0 Å². The maximum absolute atomic E-state index is 11.5. The van der Waals surface area contributed by atoms with E-state index in [0.29, 0.717) is 4.47 Å². The predicted octanol–water partition coefficient (Wildman–Crippen LogP) is 1.38. The number of hydrogen-bond donors (Lipinski definition) is 2. The van der Waals surface area contributed by atoms with Gasteiger partial charge in [-0.15, -0.1) is 0 Å². The van der Waals surface area contributed by atoms with Crippen molar-refractivity contribution in [2.24, 2.45) is 0 Å². The molecule has 0 bridgehead atoms. The molecule has 0 aliphatic heterocycles. The Labute approximate surface area is 98.8 Å². The minimum Gasteiger partial charge on any atom is -0.508 e. The summed E-state index contributed by atoms with van der Waals surface area (Å²) in [6.45, 7) is 0. The lowest BCUT2D eigenvalue weighted by Gasteiger charge is -2.02. The maximum Gasteiger partial charge on any atom is 0.372 e. The minimum absolute atomic E-state index is 0.0343. The third-order valence-corrected chi connectivity index (χ3v) is 2.47. The van der Waals surface area contributed by atoms with Crippen molar-refractivity contribution in [2.45, 2.75) is 6.42 Å². The van der Waals surface area contributed by atoms with Crippen LogP contribution in [0.3, 0.4) is 0 Å². The number of hydrogen-bond acceptors (Lipinski definition) is 4. The predicted molar refractivity (Wildman–Crippen MR) is 57.4 cm³/mol. The molecule has 2 N–H and O–H groups in total. The van der Waals surface area contributed by atoms with Gasteiger partial charge in [0, 0.05) is 10.0 Å². The number of carbonyl (C=O) groups excluding carboxylic acids is 2. The molecule has 0 aliphatic rings. The van der Waals surface area contributed by atoms with Gasteiger partial charge in [0.05, 0.1) is 6.42 Å². The molecule has 0 spiro atoms. The van der Waals surface area contributed by atoms with Crippen LogP contribution in [0.25, 0.3) is 0 Å². The molecular weight excluding hydrogens is 280 g/mol. The number of carboxylic acids is 1. The zero-order chi connectivity index (χ0) is 12.3. The van der Waals surface area contributed by atoms with Crippen LogP contribution >= 0.6 is 15.9 Å². The summed E-state index contributed by atoms with van der Waals surface area (Å²) in [5.74, 6) is -3.44. The number of aliphatic carboxylic acids is 1. The summed E-state index contributed by atoms with van der Waals surface area (Å²) in [5, 5.41) is 17.4. The number of ketones is 2. The van der Waals surface area contributed by atoms with Gasteiger partial charge in [-0.05, 0) is 34.1 Å². The number of halogens is 1. The van der Waals surface area contributed by atoms with Crippen LogP contribution in [0.4, 0.5) is 0 Å². The molecule has 0 fully saturated rings. The molecule has 5 nitrogen and oxygen atoms in total. The average Bonchev–Trinajstić information content (AvgIpc) is 2.16. The van der Waals surface area contributed by atoms with E-state index in [-0.39, 0.29) is 11.3 Å². The summed E-state index contributed by atoms with van der Waals surface area (Å²) < 4.78 is 0.315. The molecule has 0 saturated heterocycles. The Morgan fingerprint density at radius 1 is 1.25 bits per heavy atom. The van der Waals surface area contributed by atoms with Crippen LogP contribution in [-0.4, -0.2) is 27.7 Å². The Bertz CT molecular complexity index is 466. The van der Waals surface area contributed by atoms with E-state index in [1.807, 2.05) is 0 Å². The third kappa shape index (κ3) is 2.90. The van der Waals surface area contributed by atoms with Crippen LogP contribution < -0.4 is 0 Å². The summed E-state index contributed by atoms with van der Waals surface area (Å²) in [5.41, 5.74) is 0.160. The molecule has 0 aliphatic carbocycles. The van der Waals surface area contributed by atoms with Crippen molar-refractivity contribution < 1.29 is 24.6 Å². The second-order valence-corrected chi connectivity index (χ2v) is 3.85. The number of aromatic hydroxyl groups is 1. The first-order chi connectivity index (χ1) is 7.41. The Balaban J connectivity index is 2.89. The number of phenols is 1. The monoisotopic (exact) mass is 286 g/mol. The third-order valence-electron chi connectivity index (χ3n) is 1.81. The molecule has 0 unspecified atom stereocenters. The SMILES string of the molecule is O=C(O)C(=O)CC(=O)c1ccc(O)cc1Br. The van der Waals surface area contributed by atoms with Crippen molar-refractivity contribution in [3.05, 3.63) is 28.2 Å². The van der Waals surface area contributed by atoms with Crippen molar-refractivity contribution in [2.75, 3.05) is 0 Å². The molecule has 1 rings (SSSR count). The largest absolute Gasteiger partial charge is 0.508 e. The lowest BCUT2D eigenvalue weighted by molar-refractivity contribution is -0.148. The quantitative estimate of drug-likeness (QED) is 0.496. The van der Waals surface area contributed by atoms with Crippen LogP contribution in [0.1, 0.15) is 16.8 Å². The second kappa shape index (κ2) is 4.89. The smallest absolute Gasteiger partial charge is 0.372 e. The summed E-state index contributed by atoms with van der Waals surface area (Å²) in [7, 11) is 0. The van der Waals surface area contributed by atoms with Gasteiger partial charge in [0.2, 0.25) is 5.78 Å². The fourth-order valence-corrected chi connectivity index (χ4v) is 1.63.